The number of carbonyl (C=O) groups is 1. The van der Waals surface area contributed by atoms with Crippen molar-refractivity contribution in [3.8, 4) is 0 Å². The molecule has 0 saturated heterocycles. The van der Waals surface area contributed by atoms with Crippen molar-refractivity contribution < 1.29 is 4.79 Å². The molecule has 0 fully saturated rings. The van der Waals surface area contributed by atoms with E-state index in [0.717, 1.165) is 12.0 Å². The van der Waals surface area contributed by atoms with E-state index in [0.29, 0.717) is 5.92 Å². The van der Waals surface area contributed by atoms with Gasteiger partial charge in [-0.3, -0.25) is 4.79 Å². The highest BCUT2D eigenvalue weighted by atomic mass is 32.2. The van der Waals surface area contributed by atoms with Crippen molar-refractivity contribution in [1.82, 2.24) is 0 Å². The number of benzene rings is 1. The number of thioether (sulfide) groups is 1. The molecule has 1 aromatic carbocycles. The van der Waals surface area contributed by atoms with E-state index in [-0.39, 0.29) is 11.0 Å². The van der Waals surface area contributed by atoms with Gasteiger partial charge in [0.1, 0.15) is 0 Å². The first-order chi connectivity index (χ1) is 7.54. The third-order valence-corrected chi connectivity index (χ3v) is 3.43. The smallest absolute Gasteiger partial charge is 0.195 e. The molecule has 0 unspecified atom stereocenters. The Morgan fingerprint density at radius 3 is 2.19 bits per heavy atom. The van der Waals surface area contributed by atoms with Crippen LogP contribution in [0.3, 0.4) is 0 Å². The highest BCUT2D eigenvalue weighted by molar-refractivity contribution is 8.13. The molecule has 1 rings (SSSR count). The van der Waals surface area contributed by atoms with Crippen molar-refractivity contribution in [1.29, 1.82) is 0 Å². The van der Waals surface area contributed by atoms with Gasteiger partial charge >= 0.3 is 0 Å². The van der Waals surface area contributed by atoms with Crippen LogP contribution in [0.4, 0.5) is 0 Å². The zero-order valence-corrected chi connectivity index (χ0v) is 11.3. The standard InChI is InChI=1S/C14H20OS/c1-10(2)9-12-5-7-13(8-6-12)11(3)14(15)16-4/h5-8,10-11H,9H2,1-4H3/t11-/m1/s1. The zero-order chi connectivity index (χ0) is 12.1. The largest absolute Gasteiger partial charge is 0.287 e. The molecule has 0 bridgehead atoms. The van der Waals surface area contributed by atoms with Crippen LogP contribution >= 0.6 is 11.8 Å². The number of hydrogen-bond donors (Lipinski definition) is 0. The molecule has 0 heterocycles. The Morgan fingerprint density at radius 2 is 1.75 bits per heavy atom. The Bertz CT molecular complexity index is 340. The van der Waals surface area contributed by atoms with Gasteiger partial charge in [-0.1, -0.05) is 56.8 Å². The van der Waals surface area contributed by atoms with E-state index in [1.165, 1.54) is 17.3 Å². The number of hydrogen-bond acceptors (Lipinski definition) is 2. The fourth-order valence-corrected chi connectivity index (χ4v) is 2.22. The maximum atomic E-state index is 11.5. The van der Waals surface area contributed by atoms with E-state index in [1.54, 1.807) is 0 Å². The molecule has 1 nitrogen and oxygen atoms in total. The minimum Gasteiger partial charge on any atom is -0.287 e. The maximum absolute atomic E-state index is 11.5. The van der Waals surface area contributed by atoms with Gasteiger partial charge in [-0.2, -0.15) is 0 Å². The maximum Gasteiger partial charge on any atom is 0.195 e. The topological polar surface area (TPSA) is 17.1 Å². The SMILES string of the molecule is CSC(=O)[C@H](C)c1ccc(CC(C)C)cc1. The second kappa shape index (κ2) is 6.09. The lowest BCUT2D eigenvalue weighted by Gasteiger charge is -2.10. The van der Waals surface area contributed by atoms with E-state index in [2.05, 4.69) is 38.1 Å². The van der Waals surface area contributed by atoms with Gasteiger partial charge in [-0.25, -0.2) is 0 Å². The van der Waals surface area contributed by atoms with Crippen LogP contribution in [0.25, 0.3) is 0 Å². The fraction of sp³-hybridized carbons (Fsp3) is 0.500. The predicted octanol–water partition coefficient (Wildman–Crippen LogP) is 3.88. The molecule has 2 heteroatoms. The molecule has 1 aromatic rings. The first-order valence-electron chi connectivity index (χ1n) is 5.71. The molecule has 0 aliphatic heterocycles. The molecule has 0 amide bonds. The van der Waals surface area contributed by atoms with Crippen molar-refractivity contribution in [2.45, 2.75) is 33.1 Å². The first kappa shape index (κ1) is 13.3. The molecule has 0 saturated carbocycles. The summed E-state index contributed by atoms with van der Waals surface area (Å²) in [7, 11) is 0. The van der Waals surface area contributed by atoms with Gasteiger partial charge in [-0.05, 0) is 29.7 Å². The molecular formula is C14H20OS. The second-order valence-corrected chi connectivity index (χ2v) is 5.40. The normalized spacial score (nSPS) is 12.8. The number of carbonyl (C=O) groups excluding carboxylic acids is 1. The zero-order valence-electron chi connectivity index (χ0n) is 10.5. The van der Waals surface area contributed by atoms with Crippen LogP contribution in [0.2, 0.25) is 0 Å². The van der Waals surface area contributed by atoms with Crippen LogP contribution < -0.4 is 0 Å². The summed E-state index contributed by atoms with van der Waals surface area (Å²) in [5.41, 5.74) is 2.47. The monoisotopic (exact) mass is 236 g/mol. The first-order valence-corrected chi connectivity index (χ1v) is 6.93. The highest BCUT2D eigenvalue weighted by Gasteiger charge is 2.13. The Kier molecular flexibility index (Phi) is 5.07. The van der Waals surface area contributed by atoms with Crippen molar-refractivity contribution in [2.24, 2.45) is 5.92 Å². The summed E-state index contributed by atoms with van der Waals surface area (Å²) in [6, 6.07) is 8.44. The van der Waals surface area contributed by atoms with Gasteiger partial charge in [-0.15, -0.1) is 0 Å². The molecule has 1 atom stereocenters. The average Bonchev–Trinajstić information content (AvgIpc) is 2.27. The molecular weight excluding hydrogens is 216 g/mol. The van der Waals surface area contributed by atoms with E-state index in [4.69, 9.17) is 0 Å². The molecule has 0 aromatic heterocycles. The molecule has 0 aliphatic carbocycles. The lowest BCUT2D eigenvalue weighted by molar-refractivity contribution is -0.111. The quantitative estimate of drug-likeness (QED) is 0.789. The Hall–Kier alpha value is -0.760. The summed E-state index contributed by atoms with van der Waals surface area (Å²) < 4.78 is 0. The van der Waals surface area contributed by atoms with Crippen LogP contribution in [0.1, 0.15) is 37.8 Å². The Morgan fingerprint density at radius 1 is 1.19 bits per heavy atom. The van der Waals surface area contributed by atoms with Crippen LogP contribution in [0.5, 0.6) is 0 Å². The van der Waals surface area contributed by atoms with E-state index >= 15 is 0 Å². The van der Waals surface area contributed by atoms with Gasteiger partial charge < -0.3 is 0 Å². The van der Waals surface area contributed by atoms with E-state index < -0.39 is 0 Å². The van der Waals surface area contributed by atoms with Crippen LogP contribution in [0.15, 0.2) is 24.3 Å². The minimum atomic E-state index is 0.00287. The third-order valence-electron chi connectivity index (χ3n) is 2.68. The lowest BCUT2D eigenvalue weighted by Crippen LogP contribution is -2.04. The van der Waals surface area contributed by atoms with Crippen molar-refractivity contribution in [3.63, 3.8) is 0 Å². The molecule has 0 radical (unpaired) electrons. The van der Waals surface area contributed by atoms with Crippen LogP contribution in [0, 0.1) is 5.92 Å². The van der Waals surface area contributed by atoms with Crippen molar-refractivity contribution in [3.05, 3.63) is 35.4 Å². The lowest BCUT2D eigenvalue weighted by atomic mass is 9.97. The van der Waals surface area contributed by atoms with Crippen molar-refractivity contribution >= 4 is 16.9 Å². The molecule has 0 spiro atoms. The summed E-state index contributed by atoms with van der Waals surface area (Å²) in [5.74, 6) is 0.680. The van der Waals surface area contributed by atoms with Gasteiger partial charge in [0.05, 0.1) is 5.92 Å². The Labute approximate surface area is 103 Å². The minimum absolute atomic E-state index is 0.00287. The average molecular weight is 236 g/mol. The Balaban J connectivity index is 2.74. The van der Waals surface area contributed by atoms with Gasteiger partial charge in [0.2, 0.25) is 0 Å². The van der Waals surface area contributed by atoms with E-state index in [9.17, 15) is 4.79 Å². The third kappa shape index (κ3) is 3.67. The van der Waals surface area contributed by atoms with Gasteiger partial charge in [0.15, 0.2) is 5.12 Å². The predicted molar refractivity (Wildman–Crippen MR) is 71.9 cm³/mol. The molecule has 0 N–H and O–H groups in total. The highest BCUT2D eigenvalue weighted by Crippen LogP contribution is 2.21. The summed E-state index contributed by atoms with van der Waals surface area (Å²) >= 11 is 1.30. The second-order valence-electron chi connectivity index (χ2n) is 4.58. The summed E-state index contributed by atoms with van der Waals surface area (Å²) in [5, 5.41) is 0.233. The summed E-state index contributed by atoms with van der Waals surface area (Å²) in [6.45, 7) is 6.40. The fourth-order valence-electron chi connectivity index (χ4n) is 1.73. The van der Waals surface area contributed by atoms with Crippen LogP contribution in [-0.4, -0.2) is 11.4 Å². The van der Waals surface area contributed by atoms with Gasteiger partial charge in [0, 0.05) is 0 Å². The molecule has 16 heavy (non-hydrogen) atoms. The van der Waals surface area contributed by atoms with Crippen molar-refractivity contribution in [2.75, 3.05) is 6.26 Å². The molecule has 0 aliphatic rings. The number of rotatable bonds is 4. The van der Waals surface area contributed by atoms with Gasteiger partial charge in [0.25, 0.3) is 0 Å². The summed E-state index contributed by atoms with van der Waals surface area (Å²) in [6.07, 6.45) is 2.94. The van der Waals surface area contributed by atoms with Crippen LogP contribution in [-0.2, 0) is 11.2 Å². The van der Waals surface area contributed by atoms with E-state index in [1.807, 2.05) is 13.2 Å². The summed E-state index contributed by atoms with van der Waals surface area (Å²) in [4.78, 5) is 11.5. The molecule has 88 valence electrons.